The molecule has 3 nitrogen and oxygen atoms in total. The van der Waals surface area contributed by atoms with Crippen LogP contribution >= 0.6 is 11.3 Å². The first-order chi connectivity index (χ1) is 37.7. The fourth-order valence-corrected chi connectivity index (χ4v) is 13.0. The van der Waals surface area contributed by atoms with E-state index in [4.69, 9.17) is 0 Å². The maximum Gasteiger partial charge on any atom is 0.109 e. The number of aromatic nitrogens is 1. The molecule has 0 fully saturated rings. The highest BCUT2D eigenvalue weighted by Crippen LogP contribution is 2.53. The van der Waals surface area contributed by atoms with Crippen molar-refractivity contribution >= 4 is 104 Å². The summed E-state index contributed by atoms with van der Waals surface area (Å²) in [5.41, 5.74) is 18.5. The standard InChI is InChI=1S/C72H47N3S/c1-5-19-48(20-6-1)53-27-15-31-57(43-53)73(58-32-16-28-54(44-58)49-21-7-2-8-22-49)61-39-37-52-38-40-62-63-41-42-66(69-68-64-35-13-14-36-67(64)76-72(68)75(71(63)69)70(62)65(52)47-61)74(59-33-17-29-55(45-59)50-23-9-3-10-24-50)60-34-18-30-56(46-60)51-25-11-4-12-26-51/h1-47H. The van der Waals surface area contributed by atoms with E-state index < -0.39 is 0 Å². The summed E-state index contributed by atoms with van der Waals surface area (Å²) in [6.07, 6.45) is 0. The van der Waals surface area contributed by atoms with Gasteiger partial charge in [-0.1, -0.05) is 212 Å². The Hall–Kier alpha value is -9.74. The monoisotopic (exact) mass is 985 g/mol. The van der Waals surface area contributed by atoms with Gasteiger partial charge in [-0.3, -0.25) is 4.40 Å². The van der Waals surface area contributed by atoms with Crippen LogP contribution in [0.5, 0.6) is 0 Å². The fourth-order valence-electron chi connectivity index (χ4n) is 11.8. The SMILES string of the molecule is c1ccc(-c2cccc(N(c3cccc(-c4ccccc4)c3)c3ccc4ccc5c6ccc(N(c7cccc(-c8ccccc8)c7)c7cccc(-c8ccccc8)c7)c7c8c9ccccc9sc8n(c5c4c3)c67)c2)cc1. The van der Waals surface area contributed by atoms with Crippen LogP contribution in [0.15, 0.2) is 285 Å². The van der Waals surface area contributed by atoms with Gasteiger partial charge in [0.15, 0.2) is 0 Å². The van der Waals surface area contributed by atoms with Crippen molar-refractivity contribution in [2.75, 3.05) is 9.80 Å². The minimum absolute atomic E-state index is 1.09. The molecule has 0 saturated heterocycles. The lowest BCUT2D eigenvalue weighted by Crippen LogP contribution is -2.10. The molecule has 12 aromatic carbocycles. The highest BCUT2D eigenvalue weighted by atomic mass is 32.1. The highest BCUT2D eigenvalue weighted by Gasteiger charge is 2.28. The van der Waals surface area contributed by atoms with Crippen LogP contribution in [0.1, 0.15) is 0 Å². The van der Waals surface area contributed by atoms with Gasteiger partial charge < -0.3 is 9.80 Å². The third-order valence-corrected chi connectivity index (χ3v) is 16.4. The predicted molar refractivity (Wildman–Crippen MR) is 325 cm³/mol. The molecule has 0 unspecified atom stereocenters. The van der Waals surface area contributed by atoms with Crippen LogP contribution in [-0.2, 0) is 0 Å². The molecule has 0 radical (unpaired) electrons. The van der Waals surface area contributed by atoms with Crippen molar-refractivity contribution in [3.63, 3.8) is 0 Å². The first kappa shape index (κ1) is 43.8. The first-order valence-corrected chi connectivity index (χ1v) is 26.8. The molecule has 4 heteroatoms. The van der Waals surface area contributed by atoms with Gasteiger partial charge in [0.2, 0.25) is 0 Å². The molecule has 0 amide bonds. The number of benzene rings is 12. The van der Waals surface area contributed by atoms with E-state index in [1.165, 1.54) is 103 Å². The van der Waals surface area contributed by atoms with E-state index in [0.717, 1.165) is 34.1 Å². The maximum absolute atomic E-state index is 2.62. The lowest BCUT2D eigenvalue weighted by Gasteiger charge is -2.27. The lowest BCUT2D eigenvalue weighted by atomic mass is 10.00. The number of hydrogen-bond acceptors (Lipinski definition) is 3. The van der Waals surface area contributed by atoms with Gasteiger partial charge in [0.05, 0.1) is 16.7 Å². The van der Waals surface area contributed by atoms with Gasteiger partial charge in [-0.15, -0.1) is 11.3 Å². The average Bonchev–Trinajstić information content (AvgIpc) is 4.17. The normalized spacial score (nSPS) is 11.7. The van der Waals surface area contributed by atoms with Gasteiger partial charge >= 0.3 is 0 Å². The van der Waals surface area contributed by atoms with Gasteiger partial charge in [-0.25, -0.2) is 0 Å². The Morgan fingerprint density at radius 1 is 0.263 bits per heavy atom. The van der Waals surface area contributed by atoms with Gasteiger partial charge in [-0.2, -0.15) is 0 Å². The van der Waals surface area contributed by atoms with E-state index in [0.29, 0.717) is 0 Å². The molecule has 76 heavy (non-hydrogen) atoms. The Labute approximate surface area is 445 Å². The average molecular weight is 986 g/mol. The third kappa shape index (κ3) is 7.26. The van der Waals surface area contributed by atoms with E-state index in [2.05, 4.69) is 299 Å². The number of anilines is 6. The van der Waals surface area contributed by atoms with Crippen molar-refractivity contribution in [2.24, 2.45) is 0 Å². The summed E-state index contributed by atoms with van der Waals surface area (Å²) in [6.45, 7) is 0. The summed E-state index contributed by atoms with van der Waals surface area (Å²) in [5.74, 6) is 0. The molecular weight excluding hydrogens is 939 g/mol. The summed E-state index contributed by atoms with van der Waals surface area (Å²) < 4.78 is 3.89. The minimum Gasteiger partial charge on any atom is -0.310 e. The van der Waals surface area contributed by atoms with Crippen molar-refractivity contribution in [3.8, 4) is 44.5 Å². The summed E-state index contributed by atoms with van der Waals surface area (Å²) in [5, 5.41) is 8.68. The maximum atomic E-state index is 2.62. The molecule has 0 aliphatic carbocycles. The second-order valence-electron chi connectivity index (χ2n) is 19.7. The van der Waals surface area contributed by atoms with Crippen molar-refractivity contribution < 1.29 is 0 Å². The van der Waals surface area contributed by atoms with E-state index in [1.807, 2.05) is 11.3 Å². The molecule has 0 saturated carbocycles. The lowest BCUT2D eigenvalue weighted by molar-refractivity contribution is 1.29. The molecule has 15 rings (SSSR count). The van der Waals surface area contributed by atoms with Gasteiger partial charge in [0, 0.05) is 65.5 Å². The van der Waals surface area contributed by atoms with Gasteiger partial charge in [0.25, 0.3) is 0 Å². The molecule has 0 spiro atoms. The molecule has 0 N–H and O–H groups in total. The minimum atomic E-state index is 1.09. The van der Waals surface area contributed by atoms with Crippen LogP contribution in [0.3, 0.4) is 0 Å². The van der Waals surface area contributed by atoms with Crippen molar-refractivity contribution in [3.05, 3.63) is 285 Å². The third-order valence-electron chi connectivity index (χ3n) is 15.2. The summed E-state index contributed by atoms with van der Waals surface area (Å²) in [7, 11) is 0. The molecular formula is C72H47N3S. The van der Waals surface area contributed by atoms with E-state index in [1.54, 1.807) is 0 Å². The molecule has 356 valence electrons. The number of nitrogens with zero attached hydrogens (tertiary/aromatic N) is 3. The topological polar surface area (TPSA) is 10.9 Å². The zero-order chi connectivity index (χ0) is 50.1. The Bertz CT molecular complexity index is 4470. The van der Waals surface area contributed by atoms with E-state index >= 15 is 0 Å². The molecule has 0 bridgehead atoms. The summed E-state index contributed by atoms with van der Waals surface area (Å²) in [6, 6.07) is 104. The second-order valence-corrected chi connectivity index (χ2v) is 20.7. The van der Waals surface area contributed by atoms with E-state index in [9.17, 15) is 0 Å². The van der Waals surface area contributed by atoms with Gasteiger partial charge in [-0.05, 0) is 123 Å². The van der Waals surface area contributed by atoms with Crippen molar-refractivity contribution in [1.82, 2.24) is 4.40 Å². The Morgan fingerprint density at radius 2 is 0.671 bits per heavy atom. The number of rotatable bonds is 10. The molecule has 3 heterocycles. The fraction of sp³-hybridized carbons (Fsp3) is 0. The number of thiophene rings is 1. The quantitative estimate of drug-likeness (QED) is 0.135. The molecule has 0 aliphatic rings. The largest absolute Gasteiger partial charge is 0.310 e. The summed E-state index contributed by atoms with van der Waals surface area (Å²) >= 11 is 1.89. The Kier molecular flexibility index (Phi) is 10.4. The zero-order valence-corrected chi connectivity index (χ0v) is 42.2. The van der Waals surface area contributed by atoms with E-state index in [-0.39, 0.29) is 0 Å². The predicted octanol–water partition coefficient (Wildman–Crippen LogP) is 20.8. The van der Waals surface area contributed by atoms with Crippen LogP contribution in [0.4, 0.5) is 34.1 Å². The number of hydrogen-bond donors (Lipinski definition) is 0. The second kappa shape index (κ2) is 18.0. The Balaban J connectivity index is 1.00. The van der Waals surface area contributed by atoms with Crippen LogP contribution in [0, 0.1) is 0 Å². The zero-order valence-electron chi connectivity index (χ0n) is 41.4. The summed E-state index contributed by atoms with van der Waals surface area (Å²) in [4.78, 5) is 6.18. The van der Waals surface area contributed by atoms with Crippen molar-refractivity contribution in [2.45, 2.75) is 0 Å². The van der Waals surface area contributed by atoms with Crippen LogP contribution in [-0.4, -0.2) is 4.40 Å². The van der Waals surface area contributed by atoms with Crippen LogP contribution < -0.4 is 9.80 Å². The van der Waals surface area contributed by atoms with Gasteiger partial charge in [0.1, 0.15) is 4.83 Å². The molecule has 0 atom stereocenters. The van der Waals surface area contributed by atoms with Crippen molar-refractivity contribution in [1.29, 1.82) is 0 Å². The van der Waals surface area contributed by atoms with Crippen LogP contribution in [0.2, 0.25) is 0 Å². The Morgan fingerprint density at radius 3 is 1.18 bits per heavy atom. The molecule has 3 aromatic heterocycles. The molecule has 15 aromatic rings. The van der Waals surface area contributed by atoms with Crippen LogP contribution in [0.25, 0.3) is 103 Å². The smallest absolute Gasteiger partial charge is 0.109 e. The number of fused-ring (bicyclic) bond motifs is 10. The molecule has 0 aliphatic heterocycles. The first-order valence-electron chi connectivity index (χ1n) is 26.0. The highest BCUT2D eigenvalue weighted by molar-refractivity contribution is 7.25.